The minimum Gasteiger partial charge on any atom is -0.319 e. The van der Waals surface area contributed by atoms with E-state index in [-0.39, 0.29) is 5.56 Å². The van der Waals surface area contributed by atoms with Gasteiger partial charge in [-0.3, -0.25) is 14.7 Å². The number of piperidine rings is 1. The lowest BCUT2D eigenvalue weighted by Crippen LogP contribution is -2.38. The van der Waals surface area contributed by atoms with Crippen molar-refractivity contribution in [3.63, 3.8) is 0 Å². The molecule has 1 fully saturated rings. The van der Waals surface area contributed by atoms with Gasteiger partial charge in [-0.2, -0.15) is 0 Å². The molecule has 0 saturated carbocycles. The quantitative estimate of drug-likeness (QED) is 0.749. The van der Waals surface area contributed by atoms with Crippen LogP contribution in [0.15, 0.2) is 41.3 Å². The van der Waals surface area contributed by atoms with Crippen molar-refractivity contribution in [2.75, 3.05) is 13.1 Å². The number of hydrogen-bond acceptors (Lipinski definition) is 4. The summed E-state index contributed by atoms with van der Waals surface area (Å²) in [5.41, 5.74) is 6.36. The molecule has 3 heterocycles. The normalized spacial score (nSPS) is 19.0. The molecule has 2 atom stereocenters. The fourth-order valence-corrected chi connectivity index (χ4v) is 4.51. The van der Waals surface area contributed by atoms with Crippen LogP contribution in [-0.2, 0) is 6.42 Å². The lowest BCUT2D eigenvalue weighted by atomic mass is 9.89. The van der Waals surface area contributed by atoms with E-state index >= 15 is 0 Å². The van der Waals surface area contributed by atoms with E-state index in [0.29, 0.717) is 12.0 Å². The van der Waals surface area contributed by atoms with Crippen molar-refractivity contribution in [2.45, 2.75) is 46.1 Å². The van der Waals surface area contributed by atoms with Gasteiger partial charge in [-0.15, -0.1) is 0 Å². The summed E-state index contributed by atoms with van der Waals surface area (Å²) in [6.45, 7) is 8.66. The molecule has 1 N–H and O–H groups in total. The number of H-pyrrole nitrogens is 1. The summed E-state index contributed by atoms with van der Waals surface area (Å²) in [7, 11) is 0. The lowest BCUT2D eigenvalue weighted by molar-refractivity contribution is 0.131. The van der Waals surface area contributed by atoms with E-state index < -0.39 is 0 Å². The van der Waals surface area contributed by atoms with Gasteiger partial charge in [0, 0.05) is 24.0 Å². The van der Waals surface area contributed by atoms with Gasteiger partial charge in [0.05, 0.1) is 17.2 Å². The summed E-state index contributed by atoms with van der Waals surface area (Å²) in [5, 5.41) is 0. The first-order valence-electron chi connectivity index (χ1n) is 10.1. The first-order chi connectivity index (χ1) is 13.5. The Morgan fingerprint density at radius 1 is 1.21 bits per heavy atom. The lowest BCUT2D eigenvalue weighted by Gasteiger charge is -2.37. The molecule has 2 aromatic heterocycles. The van der Waals surface area contributed by atoms with Gasteiger partial charge in [0.2, 0.25) is 0 Å². The third-order valence-corrected chi connectivity index (χ3v) is 5.85. The minimum absolute atomic E-state index is 0.159. The van der Waals surface area contributed by atoms with Gasteiger partial charge in [0.1, 0.15) is 0 Å². The average molecular weight is 377 g/mol. The van der Waals surface area contributed by atoms with Crippen molar-refractivity contribution in [1.82, 2.24) is 19.9 Å². The maximum absolute atomic E-state index is 11.4. The van der Waals surface area contributed by atoms with Crippen LogP contribution in [0, 0.1) is 19.8 Å². The summed E-state index contributed by atoms with van der Waals surface area (Å²) in [4.78, 5) is 25.7. The second kappa shape index (κ2) is 7.84. The van der Waals surface area contributed by atoms with E-state index in [9.17, 15) is 4.79 Å². The Labute approximate surface area is 165 Å². The number of nitrogens with one attached hydrogen (secondary N) is 1. The Morgan fingerprint density at radius 3 is 2.79 bits per heavy atom. The molecular formula is C23H28N4O. The standard InChI is InChI=1S/C23H28N4O/c1-15-9-19(10-16(2)25-15)11-18-5-4-8-27(14-18)17(3)20-6-7-21-22(12-20)24-13-23(28)26-21/h6-7,9-10,12-13,17-18H,4-5,8,11,14H2,1-3H3,(H,26,28)/t17?,18-/m1/s1. The van der Waals surface area contributed by atoms with E-state index in [2.05, 4.69) is 64.9 Å². The maximum Gasteiger partial charge on any atom is 0.266 e. The van der Waals surface area contributed by atoms with Crippen LogP contribution in [0.4, 0.5) is 0 Å². The van der Waals surface area contributed by atoms with E-state index in [0.717, 1.165) is 41.9 Å². The third-order valence-electron chi connectivity index (χ3n) is 5.85. The number of likely N-dealkylation sites (tertiary alicyclic amines) is 1. The third kappa shape index (κ3) is 4.14. The second-order valence-electron chi connectivity index (χ2n) is 8.17. The monoisotopic (exact) mass is 376 g/mol. The maximum atomic E-state index is 11.4. The molecular weight excluding hydrogens is 348 g/mol. The molecule has 0 amide bonds. The highest BCUT2D eigenvalue weighted by Crippen LogP contribution is 2.29. The summed E-state index contributed by atoms with van der Waals surface area (Å²) in [5.74, 6) is 0.673. The molecule has 1 aromatic carbocycles. The number of fused-ring (bicyclic) bond motifs is 1. The molecule has 1 saturated heterocycles. The molecule has 4 rings (SSSR count). The number of hydrogen-bond donors (Lipinski definition) is 1. The summed E-state index contributed by atoms with van der Waals surface area (Å²) < 4.78 is 0. The Morgan fingerprint density at radius 2 is 2.00 bits per heavy atom. The molecule has 0 aliphatic carbocycles. The van der Waals surface area contributed by atoms with E-state index in [4.69, 9.17) is 0 Å². The molecule has 0 bridgehead atoms. The second-order valence-corrected chi connectivity index (χ2v) is 8.17. The van der Waals surface area contributed by atoms with Crippen molar-refractivity contribution < 1.29 is 0 Å². The number of pyridine rings is 1. The zero-order chi connectivity index (χ0) is 19.7. The number of rotatable bonds is 4. The van der Waals surface area contributed by atoms with Crippen LogP contribution in [-0.4, -0.2) is 32.9 Å². The fraction of sp³-hybridized carbons (Fsp3) is 0.435. The molecule has 146 valence electrons. The average Bonchev–Trinajstić information content (AvgIpc) is 2.66. The molecule has 28 heavy (non-hydrogen) atoms. The van der Waals surface area contributed by atoms with Crippen LogP contribution in [0.3, 0.4) is 0 Å². The molecule has 5 heteroatoms. The SMILES string of the molecule is Cc1cc(C[C@H]2CCCN(C(C)c3ccc4[nH]c(=O)cnc4c3)C2)cc(C)n1. The fourth-order valence-electron chi connectivity index (χ4n) is 4.51. The Hall–Kier alpha value is -2.53. The highest BCUT2D eigenvalue weighted by molar-refractivity contribution is 5.74. The first-order valence-corrected chi connectivity index (χ1v) is 10.1. The van der Waals surface area contributed by atoms with Crippen LogP contribution in [0.25, 0.3) is 11.0 Å². The molecule has 3 aromatic rings. The Balaban J connectivity index is 1.49. The van der Waals surface area contributed by atoms with Crippen molar-refractivity contribution in [1.29, 1.82) is 0 Å². The predicted molar refractivity (Wildman–Crippen MR) is 112 cm³/mol. The number of aromatic amines is 1. The highest BCUT2D eigenvalue weighted by Gasteiger charge is 2.25. The molecule has 5 nitrogen and oxygen atoms in total. The van der Waals surface area contributed by atoms with E-state index in [1.165, 1.54) is 30.2 Å². The van der Waals surface area contributed by atoms with Gasteiger partial charge in [0.25, 0.3) is 5.56 Å². The molecule has 1 aliphatic rings. The van der Waals surface area contributed by atoms with Gasteiger partial charge < -0.3 is 4.98 Å². The predicted octanol–water partition coefficient (Wildman–Crippen LogP) is 3.95. The van der Waals surface area contributed by atoms with Crippen LogP contribution >= 0.6 is 0 Å². The molecule has 0 radical (unpaired) electrons. The van der Waals surface area contributed by atoms with Gasteiger partial charge in [-0.25, -0.2) is 4.98 Å². The highest BCUT2D eigenvalue weighted by atomic mass is 16.1. The Bertz CT molecular complexity index is 1020. The minimum atomic E-state index is -0.159. The van der Waals surface area contributed by atoms with Crippen LogP contribution in [0.2, 0.25) is 0 Å². The van der Waals surface area contributed by atoms with Crippen molar-refractivity contribution in [2.24, 2.45) is 5.92 Å². The number of aryl methyl sites for hydroxylation is 2. The topological polar surface area (TPSA) is 61.9 Å². The van der Waals surface area contributed by atoms with Gasteiger partial charge in [-0.1, -0.05) is 6.07 Å². The first kappa shape index (κ1) is 18.8. The van der Waals surface area contributed by atoms with Gasteiger partial charge >= 0.3 is 0 Å². The van der Waals surface area contributed by atoms with Crippen LogP contribution in [0.5, 0.6) is 0 Å². The van der Waals surface area contributed by atoms with Crippen molar-refractivity contribution in [3.05, 3.63) is 69.4 Å². The Kier molecular flexibility index (Phi) is 5.27. The summed E-state index contributed by atoms with van der Waals surface area (Å²) >= 11 is 0. The largest absolute Gasteiger partial charge is 0.319 e. The smallest absolute Gasteiger partial charge is 0.266 e. The summed E-state index contributed by atoms with van der Waals surface area (Å²) in [6.07, 6.45) is 4.99. The molecule has 1 aliphatic heterocycles. The molecule has 1 unspecified atom stereocenters. The van der Waals surface area contributed by atoms with Crippen LogP contribution in [0.1, 0.15) is 48.3 Å². The summed E-state index contributed by atoms with van der Waals surface area (Å²) in [6, 6.07) is 11.0. The zero-order valence-corrected chi connectivity index (χ0v) is 16.9. The van der Waals surface area contributed by atoms with Crippen LogP contribution < -0.4 is 5.56 Å². The van der Waals surface area contributed by atoms with E-state index in [1.807, 2.05) is 6.07 Å². The number of benzene rings is 1. The molecule has 0 spiro atoms. The van der Waals surface area contributed by atoms with Gasteiger partial charge in [-0.05, 0) is 87.9 Å². The van der Waals surface area contributed by atoms with E-state index in [1.54, 1.807) is 0 Å². The van der Waals surface area contributed by atoms with Crippen molar-refractivity contribution in [3.8, 4) is 0 Å². The number of aromatic nitrogens is 3. The zero-order valence-electron chi connectivity index (χ0n) is 16.9. The van der Waals surface area contributed by atoms with Gasteiger partial charge in [0.15, 0.2) is 0 Å². The van der Waals surface area contributed by atoms with Crippen molar-refractivity contribution >= 4 is 11.0 Å². The number of nitrogens with zero attached hydrogens (tertiary/aromatic N) is 3.